The van der Waals surface area contributed by atoms with Gasteiger partial charge >= 0.3 is 0 Å². The maximum atomic E-state index is 5.64. The Balaban J connectivity index is 1.92. The Kier molecular flexibility index (Phi) is 4.61. The molecule has 0 aliphatic heterocycles. The van der Waals surface area contributed by atoms with E-state index in [2.05, 4.69) is 37.3 Å². The summed E-state index contributed by atoms with van der Waals surface area (Å²) < 4.78 is 0. The van der Waals surface area contributed by atoms with Crippen molar-refractivity contribution in [2.24, 2.45) is 23.5 Å². The van der Waals surface area contributed by atoms with E-state index < -0.39 is 0 Å². The molecule has 0 heterocycles. The summed E-state index contributed by atoms with van der Waals surface area (Å²) in [4.78, 5) is 0. The van der Waals surface area contributed by atoms with Crippen LogP contribution in [0.5, 0.6) is 0 Å². The van der Waals surface area contributed by atoms with Gasteiger partial charge in [0.25, 0.3) is 0 Å². The van der Waals surface area contributed by atoms with Crippen LogP contribution in [0.1, 0.15) is 39.0 Å². The van der Waals surface area contributed by atoms with Gasteiger partial charge in [0.2, 0.25) is 0 Å². The molecule has 2 N–H and O–H groups in total. The number of hydrogen-bond acceptors (Lipinski definition) is 1. The second-order valence-electron chi connectivity index (χ2n) is 5.56. The van der Waals surface area contributed by atoms with Crippen molar-refractivity contribution in [1.29, 1.82) is 0 Å². The van der Waals surface area contributed by atoms with Crippen molar-refractivity contribution in [3.8, 4) is 0 Å². The topological polar surface area (TPSA) is 26.0 Å². The van der Waals surface area contributed by atoms with Crippen LogP contribution < -0.4 is 5.73 Å². The zero-order valence-electron chi connectivity index (χ0n) is 10.9. The van der Waals surface area contributed by atoms with Crippen LogP contribution >= 0.6 is 0 Å². The van der Waals surface area contributed by atoms with Gasteiger partial charge in [0.1, 0.15) is 0 Å². The molecular formula is C16H25N. The molecule has 2 aliphatic rings. The molecule has 1 atom stereocenters. The Hall–Kier alpha value is -0.820. The molecule has 0 aromatic heterocycles. The third-order valence-corrected chi connectivity index (χ3v) is 4.16. The molecule has 2 aliphatic carbocycles. The van der Waals surface area contributed by atoms with E-state index in [1.807, 2.05) is 0 Å². The second-order valence-corrected chi connectivity index (χ2v) is 5.56. The molecule has 0 amide bonds. The number of nitrogens with two attached hydrogens (primary N) is 1. The van der Waals surface area contributed by atoms with Gasteiger partial charge in [-0.05, 0) is 62.0 Å². The minimum Gasteiger partial charge on any atom is -0.330 e. The van der Waals surface area contributed by atoms with Crippen LogP contribution in [0.2, 0.25) is 0 Å². The first-order valence-electron chi connectivity index (χ1n) is 7.06. The van der Waals surface area contributed by atoms with Crippen molar-refractivity contribution in [3.63, 3.8) is 0 Å². The van der Waals surface area contributed by atoms with Gasteiger partial charge in [-0.3, -0.25) is 0 Å². The first kappa shape index (κ1) is 12.6. The third kappa shape index (κ3) is 3.57. The fraction of sp³-hybridized carbons (Fsp3) is 0.625. The molecule has 0 aromatic carbocycles. The van der Waals surface area contributed by atoms with E-state index in [1.165, 1.54) is 32.1 Å². The first-order chi connectivity index (χ1) is 8.29. The molecule has 94 valence electrons. The van der Waals surface area contributed by atoms with E-state index >= 15 is 0 Å². The Morgan fingerprint density at radius 1 is 1.18 bits per heavy atom. The zero-order chi connectivity index (χ0) is 12.1. The molecule has 1 fully saturated rings. The van der Waals surface area contributed by atoms with Crippen molar-refractivity contribution in [1.82, 2.24) is 0 Å². The predicted octanol–water partition coefficient (Wildman–Crippen LogP) is 3.83. The number of rotatable bonds is 3. The van der Waals surface area contributed by atoms with E-state index in [1.54, 1.807) is 5.57 Å². The Morgan fingerprint density at radius 2 is 1.94 bits per heavy atom. The molecule has 1 saturated carbocycles. The highest BCUT2D eigenvalue weighted by Gasteiger charge is 2.22. The Bertz CT molecular complexity index is 316. The monoisotopic (exact) mass is 231 g/mol. The van der Waals surface area contributed by atoms with Crippen LogP contribution in [0, 0.1) is 17.8 Å². The summed E-state index contributed by atoms with van der Waals surface area (Å²) in [6, 6.07) is 0. The summed E-state index contributed by atoms with van der Waals surface area (Å²) in [6.45, 7) is 3.13. The van der Waals surface area contributed by atoms with Gasteiger partial charge in [0.05, 0.1) is 0 Å². The molecule has 0 radical (unpaired) electrons. The summed E-state index contributed by atoms with van der Waals surface area (Å²) in [5.41, 5.74) is 7.21. The molecule has 1 heteroatoms. The van der Waals surface area contributed by atoms with Gasteiger partial charge in [-0.15, -0.1) is 0 Å². The van der Waals surface area contributed by atoms with E-state index in [9.17, 15) is 0 Å². The van der Waals surface area contributed by atoms with E-state index in [0.29, 0.717) is 5.92 Å². The smallest absolute Gasteiger partial charge is 0.00728 e. The maximum absolute atomic E-state index is 5.64. The first-order valence-corrected chi connectivity index (χ1v) is 7.06. The Labute approximate surface area is 105 Å². The molecular weight excluding hydrogens is 206 g/mol. The molecule has 0 aromatic rings. The highest BCUT2D eigenvalue weighted by Crippen LogP contribution is 2.36. The van der Waals surface area contributed by atoms with Crippen molar-refractivity contribution >= 4 is 0 Å². The van der Waals surface area contributed by atoms with Crippen molar-refractivity contribution in [2.45, 2.75) is 39.0 Å². The predicted molar refractivity (Wildman–Crippen MR) is 74.6 cm³/mol. The normalized spacial score (nSPS) is 33.3. The molecule has 2 rings (SSSR count). The highest BCUT2D eigenvalue weighted by atomic mass is 14.5. The molecule has 1 unspecified atom stereocenters. The van der Waals surface area contributed by atoms with Crippen LogP contribution in [0.25, 0.3) is 0 Å². The lowest BCUT2D eigenvalue weighted by Crippen LogP contribution is -2.18. The van der Waals surface area contributed by atoms with E-state index in [0.717, 1.165) is 18.4 Å². The average Bonchev–Trinajstić information content (AvgIpc) is 2.55. The summed E-state index contributed by atoms with van der Waals surface area (Å²) in [5, 5.41) is 0. The SMILES string of the molecule is CC1C=CC=CC(C2CCC(CCN)CC2)=C1. The van der Waals surface area contributed by atoms with Crippen molar-refractivity contribution in [2.75, 3.05) is 6.54 Å². The van der Waals surface area contributed by atoms with Gasteiger partial charge < -0.3 is 5.73 Å². The maximum Gasteiger partial charge on any atom is -0.00728 e. The third-order valence-electron chi connectivity index (χ3n) is 4.16. The lowest BCUT2D eigenvalue weighted by Gasteiger charge is -2.29. The van der Waals surface area contributed by atoms with E-state index in [-0.39, 0.29) is 0 Å². The van der Waals surface area contributed by atoms with Gasteiger partial charge in [-0.1, -0.05) is 37.3 Å². The summed E-state index contributed by atoms with van der Waals surface area (Å²) in [6.07, 6.45) is 18.1. The number of hydrogen-bond donors (Lipinski definition) is 1. The van der Waals surface area contributed by atoms with Crippen LogP contribution in [0.4, 0.5) is 0 Å². The number of allylic oxidation sites excluding steroid dienone is 6. The lowest BCUT2D eigenvalue weighted by atomic mass is 9.77. The molecule has 0 bridgehead atoms. The summed E-state index contributed by atoms with van der Waals surface area (Å²) in [5.74, 6) is 2.27. The van der Waals surface area contributed by atoms with Gasteiger partial charge in [0.15, 0.2) is 0 Å². The van der Waals surface area contributed by atoms with Crippen LogP contribution in [-0.2, 0) is 0 Å². The molecule has 1 nitrogen and oxygen atoms in total. The second kappa shape index (κ2) is 6.20. The minimum absolute atomic E-state index is 0.585. The van der Waals surface area contributed by atoms with Crippen molar-refractivity contribution < 1.29 is 0 Å². The van der Waals surface area contributed by atoms with Gasteiger partial charge in [-0.25, -0.2) is 0 Å². The van der Waals surface area contributed by atoms with Crippen molar-refractivity contribution in [3.05, 3.63) is 36.0 Å². The van der Waals surface area contributed by atoms with Crippen LogP contribution in [0.15, 0.2) is 36.0 Å². The standard InChI is InChI=1S/C16H25N/c1-13-4-2-3-5-16(12-13)15-8-6-14(7-9-15)10-11-17/h2-5,12-15H,6-11,17H2,1H3. The quantitative estimate of drug-likeness (QED) is 0.785. The lowest BCUT2D eigenvalue weighted by molar-refractivity contribution is 0.293. The summed E-state index contributed by atoms with van der Waals surface area (Å²) >= 11 is 0. The Morgan fingerprint density at radius 3 is 2.65 bits per heavy atom. The zero-order valence-corrected chi connectivity index (χ0v) is 10.9. The van der Waals surface area contributed by atoms with Crippen LogP contribution in [0.3, 0.4) is 0 Å². The highest BCUT2D eigenvalue weighted by molar-refractivity contribution is 5.30. The van der Waals surface area contributed by atoms with Crippen LogP contribution in [-0.4, -0.2) is 6.54 Å². The fourth-order valence-electron chi connectivity index (χ4n) is 3.11. The van der Waals surface area contributed by atoms with Gasteiger partial charge in [-0.2, -0.15) is 0 Å². The summed E-state index contributed by atoms with van der Waals surface area (Å²) in [7, 11) is 0. The fourth-order valence-corrected chi connectivity index (χ4v) is 3.11. The molecule has 17 heavy (non-hydrogen) atoms. The van der Waals surface area contributed by atoms with E-state index in [4.69, 9.17) is 5.73 Å². The van der Waals surface area contributed by atoms with Gasteiger partial charge in [0, 0.05) is 0 Å². The largest absolute Gasteiger partial charge is 0.330 e. The average molecular weight is 231 g/mol. The minimum atomic E-state index is 0.585. The molecule has 0 saturated heterocycles. The molecule has 0 spiro atoms.